The van der Waals surface area contributed by atoms with E-state index in [-0.39, 0.29) is 18.4 Å². The van der Waals surface area contributed by atoms with Gasteiger partial charge in [-0.2, -0.15) is 0 Å². The van der Waals surface area contributed by atoms with Gasteiger partial charge in [-0.25, -0.2) is 0 Å². The van der Waals surface area contributed by atoms with E-state index in [9.17, 15) is 4.79 Å². The van der Waals surface area contributed by atoms with Crippen molar-refractivity contribution in [2.75, 3.05) is 26.3 Å². The molecule has 3 heterocycles. The standard InChI is InChI=1S/C20H26N4O3/c25-10-7-18-13-24(22-21-18)12-15-5-8-23(9-6-15)20(26)17-11-16-3-1-2-4-19(16)27-14-17/h1-4,13,15,17,25H,5-12,14H2/t17-/m1/s1. The third-order valence-electron chi connectivity index (χ3n) is 5.55. The summed E-state index contributed by atoms with van der Waals surface area (Å²) in [5, 5.41) is 17.2. The molecule has 0 spiro atoms. The van der Waals surface area contributed by atoms with E-state index >= 15 is 0 Å². The number of hydrogen-bond donors (Lipinski definition) is 1. The lowest BCUT2D eigenvalue weighted by atomic mass is 9.92. The van der Waals surface area contributed by atoms with Crippen molar-refractivity contribution in [3.63, 3.8) is 0 Å². The van der Waals surface area contributed by atoms with Crippen LogP contribution in [0.1, 0.15) is 24.1 Å². The number of piperidine rings is 1. The van der Waals surface area contributed by atoms with E-state index < -0.39 is 0 Å². The normalized spacial score (nSPS) is 20.2. The molecular weight excluding hydrogens is 344 g/mol. The number of likely N-dealkylation sites (tertiary alicyclic amines) is 1. The van der Waals surface area contributed by atoms with Crippen LogP contribution in [0.3, 0.4) is 0 Å². The van der Waals surface area contributed by atoms with Gasteiger partial charge in [0.15, 0.2) is 0 Å². The van der Waals surface area contributed by atoms with Crippen molar-refractivity contribution in [3.8, 4) is 5.75 Å². The van der Waals surface area contributed by atoms with E-state index in [2.05, 4.69) is 10.3 Å². The minimum Gasteiger partial charge on any atom is -0.492 e. The molecule has 7 nitrogen and oxygen atoms in total. The number of nitrogens with zero attached hydrogens (tertiary/aromatic N) is 4. The number of amides is 1. The summed E-state index contributed by atoms with van der Waals surface area (Å²) in [5.41, 5.74) is 1.95. The molecule has 27 heavy (non-hydrogen) atoms. The quantitative estimate of drug-likeness (QED) is 0.858. The van der Waals surface area contributed by atoms with Crippen LogP contribution in [0.5, 0.6) is 5.75 Å². The number of fused-ring (bicyclic) bond motifs is 1. The maximum absolute atomic E-state index is 12.9. The topological polar surface area (TPSA) is 80.5 Å². The second kappa shape index (κ2) is 8.08. The van der Waals surface area contributed by atoms with Crippen LogP contribution in [0, 0.1) is 11.8 Å². The fourth-order valence-electron chi connectivity index (χ4n) is 4.00. The third-order valence-corrected chi connectivity index (χ3v) is 5.55. The fourth-order valence-corrected chi connectivity index (χ4v) is 4.00. The molecule has 1 amide bonds. The third kappa shape index (κ3) is 4.13. The number of ether oxygens (including phenoxy) is 1. The summed E-state index contributed by atoms with van der Waals surface area (Å²) in [6, 6.07) is 7.98. The van der Waals surface area contributed by atoms with Crippen molar-refractivity contribution in [2.45, 2.75) is 32.2 Å². The van der Waals surface area contributed by atoms with Gasteiger partial charge < -0.3 is 14.7 Å². The molecule has 4 rings (SSSR count). The maximum Gasteiger partial charge on any atom is 0.229 e. The van der Waals surface area contributed by atoms with E-state index in [4.69, 9.17) is 9.84 Å². The summed E-state index contributed by atoms with van der Waals surface area (Å²) in [6.07, 6.45) is 5.17. The average molecular weight is 370 g/mol. The Morgan fingerprint density at radius 3 is 2.89 bits per heavy atom. The van der Waals surface area contributed by atoms with E-state index in [0.29, 0.717) is 18.9 Å². The number of hydrogen-bond acceptors (Lipinski definition) is 5. The number of para-hydroxylation sites is 1. The minimum atomic E-state index is -0.0761. The summed E-state index contributed by atoms with van der Waals surface area (Å²) in [4.78, 5) is 14.9. The van der Waals surface area contributed by atoms with Gasteiger partial charge in [0.1, 0.15) is 12.4 Å². The number of carbonyl (C=O) groups is 1. The van der Waals surface area contributed by atoms with Gasteiger partial charge in [0.05, 0.1) is 11.6 Å². The highest BCUT2D eigenvalue weighted by Crippen LogP contribution is 2.29. The predicted molar refractivity (Wildman–Crippen MR) is 99.2 cm³/mol. The molecule has 0 radical (unpaired) electrons. The molecule has 2 aliphatic rings. The Bertz CT molecular complexity index is 783. The number of aliphatic hydroxyl groups is 1. The number of rotatable bonds is 5. The molecule has 1 atom stereocenters. The average Bonchev–Trinajstić information content (AvgIpc) is 3.15. The van der Waals surface area contributed by atoms with Gasteiger partial charge in [0, 0.05) is 38.9 Å². The summed E-state index contributed by atoms with van der Waals surface area (Å²) in [6.45, 7) is 2.97. The Morgan fingerprint density at radius 1 is 1.26 bits per heavy atom. The monoisotopic (exact) mass is 370 g/mol. The molecule has 0 saturated carbocycles. The van der Waals surface area contributed by atoms with E-state index in [0.717, 1.165) is 55.9 Å². The van der Waals surface area contributed by atoms with Crippen molar-refractivity contribution < 1.29 is 14.6 Å². The predicted octanol–water partition coefficient (Wildman–Crippen LogP) is 1.30. The first-order chi connectivity index (χ1) is 13.2. The van der Waals surface area contributed by atoms with Crippen molar-refractivity contribution >= 4 is 5.91 Å². The Kier molecular flexibility index (Phi) is 5.38. The van der Waals surface area contributed by atoms with Gasteiger partial charge in [0.2, 0.25) is 5.91 Å². The van der Waals surface area contributed by atoms with E-state index in [1.54, 1.807) is 0 Å². The van der Waals surface area contributed by atoms with Gasteiger partial charge in [0.25, 0.3) is 0 Å². The fraction of sp³-hybridized carbons (Fsp3) is 0.550. The van der Waals surface area contributed by atoms with Crippen LogP contribution in [-0.2, 0) is 24.2 Å². The van der Waals surface area contributed by atoms with E-state index in [1.165, 1.54) is 0 Å². The Morgan fingerprint density at radius 2 is 2.07 bits per heavy atom. The first kappa shape index (κ1) is 18.0. The number of benzene rings is 1. The molecule has 1 aromatic carbocycles. The highest BCUT2D eigenvalue weighted by atomic mass is 16.5. The molecule has 0 aliphatic carbocycles. The zero-order chi connectivity index (χ0) is 18.6. The SMILES string of the molecule is O=C([C@H]1COc2ccccc2C1)N1CCC(Cn2cc(CCO)nn2)CC1. The van der Waals surface area contributed by atoms with Gasteiger partial charge in [-0.3, -0.25) is 9.48 Å². The summed E-state index contributed by atoms with van der Waals surface area (Å²) >= 11 is 0. The van der Waals surface area contributed by atoms with Crippen LogP contribution in [0.15, 0.2) is 30.5 Å². The lowest BCUT2D eigenvalue weighted by Gasteiger charge is -2.35. The van der Waals surface area contributed by atoms with Crippen LogP contribution >= 0.6 is 0 Å². The highest BCUT2D eigenvalue weighted by molar-refractivity contribution is 5.80. The lowest BCUT2D eigenvalue weighted by Crippen LogP contribution is -2.45. The van der Waals surface area contributed by atoms with Crippen molar-refractivity contribution in [2.24, 2.45) is 11.8 Å². The largest absolute Gasteiger partial charge is 0.492 e. The van der Waals surface area contributed by atoms with Crippen molar-refractivity contribution in [1.29, 1.82) is 0 Å². The maximum atomic E-state index is 12.9. The molecule has 1 fully saturated rings. The zero-order valence-corrected chi connectivity index (χ0v) is 15.5. The van der Waals surface area contributed by atoms with Crippen molar-refractivity contribution in [3.05, 3.63) is 41.7 Å². The Labute approximate surface area is 158 Å². The van der Waals surface area contributed by atoms with Crippen LogP contribution in [-0.4, -0.2) is 57.2 Å². The number of aromatic nitrogens is 3. The Hall–Kier alpha value is -2.41. The minimum absolute atomic E-state index is 0.0761. The molecule has 2 aromatic rings. The molecule has 1 aromatic heterocycles. The first-order valence-corrected chi connectivity index (χ1v) is 9.72. The molecule has 0 bridgehead atoms. The van der Waals surface area contributed by atoms with Crippen LogP contribution in [0.2, 0.25) is 0 Å². The van der Waals surface area contributed by atoms with Gasteiger partial charge in [-0.1, -0.05) is 23.4 Å². The Balaban J connectivity index is 1.28. The van der Waals surface area contributed by atoms with Crippen LogP contribution < -0.4 is 4.74 Å². The molecule has 0 unspecified atom stereocenters. The highest BCUT2D eigenvalue weighted by Gasteiger charge is 2.31. The number of aliphatic hydroxyl groups excluding tert-OH is 1. The van der Waals surface area contributed by atoms with Crippen LogP contribution in [0.25, 0.3) is 0 Å². The van der Waals surface area contributed by atoms with Crippen molar-refractivity contribution in [1.82, 2.24) is 19.9 Å². The second-order valence-corrected chi connectivity index (χ2v) is 7.49. The summed E-state index contributed by atoms with van der Waals surface area (Å²) in [7, 11) is 0. The first-order valence-electron chi connectivity index (χ1n) is 9.72. The van der Waals surface area contributed by atoms with Gasteiger partial charge >= 0.3 is 0 Å². The molecule has 144 valence electrons. The smallest absolute Gasteiger partial charge is 0.229 e. The molecule has 2 aliphatic heterocycles. The molecular formula is C20H26N4O3. The molecule has 1 saturated heterocycles. The van der Waals surface area contributed by atoms with Gasteiger partial charge in [-0.05, 0) is 36.8 Å². The molecule has 7 heteroatoms. The summed E-state index contributed by atoms with van der Waals surface area (Å²) in [5.74, 6) is 1.55. The van der Waals surface area contributed by atoms with E-state index in [1.807, 2.05) is 40.0 Å². The van der Waals surface area contributed by atoms with Crippen LogP contribution in [0.4, 0.5) is 0 Å². The lowest BCUT2D eigenvalue weighted by molar-refractivity contribution is -0.138. The van der Waals surface area contributed by atoms with Gasteiger partial charge in [-0.15, -0.1) is 5.10 Å². The second-order valence-electron chi connectivity index (χ2n) is 7.49. The number of carbonyl (C=O) groups excluding carboxylic acids is 1. The zero-order valence-electron chi connectivity index (χ0n) is 15.5. The summed E-state index contributed by atoms with van der Waals surface area (Å²) < 4.78 is 7.65. The molecule has 1 N–H and O–H groups in total.